The van der Waals surface area contributed by atoms with Gasteiger partial charge in [-0.15, -0.1) is 0 Å². The van der Waals surface area contributed by atoms with Gasteiger partial charge in [0.25, 0.3) is 0 Å². The Balaban J connectivity index is 1.95. The zero-order chi connectivity index (χ0) is 15.2. The molecule has 0 atom stereocenters. The molecule has 6 heteroatoms. The van der Waals surface area contributed by atoms with Crippen LogP contribution in [0.2, 0.25) is 0 Å². The lowest BCUT2D eigenvalue weighted by Gasteiger charge is -2.05. The molecule has 0 bridgehead atoms. The van der Waals surface area contributed by atoms with Crippen molar-refractivity contribution < 1.29 is 18.7 Å². The first kappa shape index (κ1) is 14.8. The molecule has 0 radical (unpaired) electrons. The molecule has 0 saturated heterocycles. The summed E-state index contributed by atoms with van der Waals surface area (Å²) in [6, 6.07) is 10.0. The van der Waals surface area contributed by atoms with Crippen LogP contribution in [-0.2, 0) is 6.61 Å². The van der Waals surface area contributed by atoms with E-state index in [0.29, 0.717) is 23.5 Å². The summed E-state index contributed by atoms with van der Waals surface area (Å²) >= 11 is 0. The summed E-state index contributed by atoms with van der Waals surface area (Å²) in [5, 5.41) is 0. The van der Waals surface area contributed by atoms with Gasteiger partial charge in [0.2, 0.25) is 0 Å². The van der Waals surface area contributed by atoms with Gasteiger partial charge < -0.3 is 9.15 Å². The number of hydrazine groups is 1. The van der Waals surface area contributed by atoms with E-state index in [2.05, 4.69) is 0 Å². The van der Waals surface area contributed by atoms with Crippen LogP contribution in [0, 0.1) is 0 Å². The number of nitrogens with two attached hydrogens (primary N) is 1. The maximum atomic E-state index is 11.5. The third-order valence-corrected chi connectivity index (χ3v) is 2.90. The Labute approximate surface area is 121 Å². The van der Waals surface area contributed by atoms with Crippen molar-refractivity contribution in [1.82, 2.24) is 5.43 Å². The number of ether oxygens (including phenoxy) is 1. The van der Waals surface area contributed by atoms with Gasteiger partial charge in [0.1, 0.15) is 18.1 Å². The summed E-state index contributed by atoms with van der Waals surface area (Å²) in [5.41, 5.74) is 2.64. The molecule has 0 aliphatic rings. The van der Waals surface area contributed by atoms with Crippen molar-refractivity contribution in [2.24, 2.45) is 5.84 Å². The fourth-order valence-corrected chi connectivity index (χ4v) is 1.74. The van der Waals surface area contributed by atoms with Crippen LogP contribution in [0.5, 0.6) is 5.75 Å². The van der Waals surface area contributed by atoms with Crippen LogP contribution in [0.3, 0.4) is 0 Å². The molecule has 1 aromatic heterocycles. The number of carbonyl (C=O) groups is 2. The summed E-state index contributed by atoms with van der Waals surface area (Å²) in [6.45, 7) is 2.00. The predicted octanol–water partition coefficient (Wildman–Crippen LogP) is 2.05. The van der Waals surface area contributed by atoms with E-state index >= 15 is 0 Å². The summed E-state index contributed by atoms with van der Waals surface area (Å²) in [5.74, 6) is 5.84. The highest BCUT2D eigenvalue weighted by molar-refractivity contribution is 5.95. The van der Waals surface area contributed by atoms with Crippen molar-refractivity contribution in [3.05, 3.63) is 53.5 Å². The van der Waals surface area contributed by atoms with E-state index in [1.165, 1.54) is 6.07 Å². The lowest BCUT2D eigenvalue weighted by molar-refractivity contribution is 0.0921. The molecule has 6 nitrogen and oxygen atoms in total. The average Bonchev–Trinajstić information content (AvgIpc) is 3.01. The minimum atomic E-state index is -0.497. The summed E-state index contributed by atoms with van der Waals surface area (Å²) < 4.78 is 10.8. The Hall–Kier alpha value is -2.60. The number of nitrogens with one attached hydrogen (secondary N) is 1. The molecule has 0 aliphatic heterocycles. The number of ketones is 1. The van der Waals surface area contributed by atoms with Crippen molar-refractivity contribution in [1.29, 1.82) is 0 Å². The molecule has 21 heavy (non-hydrogen) atoms. The molecule has 2 aromatic rings. The van der Waals surface area contributed by atoms with Crippen molar-refractivity contribution in [3.8, 4) is 5.75 Å². The monoisotopic (exact) mass is 288 g/mol. The zero-order valence-electron chi connectivity index (χ0n) is 11.6. The van der Waals surface area contributed by atoms with Crippen molar-refractivity contribution in [2.75, 3.05) is 0 Å². The smallest absolute Gasteiger partial charge is 0.300 e. The van der Waals surface area contributed by atoms with E-state index in [-0.39, 0.29) is 18.2 Å². The summed E-state index contributed by atoms with van der Waals surface area (Å²) in [7, 11) is 0. The van der Waals surface area contributed by atoms with Gasteiger partial charge in [-0.2, -0.15) is 0 Å². The molecule has 2 rings (SSSR count). The highest BCUT2D eigenvalue weighted by Gasteiger charge is 2.10. The average molecular weight is 288 g/mol. The van der Waals surface area contributed by atoms with Crippen LogP contribution in [0.4, 0.5) is 0 Å². The number of amides is 1. The topological polar surface area (TPSA) is 94.6 Å². The molecular formula is C15H16N2O4. The molecule has 0 fully saturated rings. The molecule has 0 saturated carbocycles. The molecule has 1 heterocycles. The molecule has 0 aliphatic carbocycles. The first-order chi connectivity index (χ1) is 10.1. The van der Waals surface area contributed by atoms with Crippen LogP contribution >= 0.6 is 0 Å². The quantitative estimate of drug-likeness (QED) is 0.367. The van der Waals surface area contributed by atoms with Gasteiger partial charge in [0.05, 0.1) is 0 Å². The van der Waals surface area contributed by atoms with E-state index in [9.17, 15) is 9.59 Å². The largest absolute Gasteiger partial charge is 0.486 e. The van der Waals surface area contributed by atoms with E-state index in [1.807, 2.05) is 12.3 Å². The number of rotatable bonds is 6. The van der Waals surface area contributed by atoms with Crippen LogP contribution in [0.25, 0.3) is 0 Å². The Morgan fingerprint density at radius 3 is 2.52 bits per heavy atom. The first-order valence-electron chi connectivity index (χ1n) is 6.49. The van der Waals surface area contributed by atoms with Gasteiger partial charge in [0, 0.05) is 12.0 Å². The van der Waals surface area contributed by atoms with Gasteiger partial charge in [-0.3, -0.25) is 15.0 Å². The number of hydrogen-bond donors (Lipinski definition) is 2. The van der Waals surface area contributed by atoms with Crippen molar-refractivity contribution in [2.45, 2.75) is 20.0 Å². The molecule has 1 aromatic carbocycles. The number of carbonyl (C=O) groups excluding carboxylic acids is 2. The van der Waals surface area contributed by atoms with E-state index in [0.717, 1.165) is 0 Å². The van der Waals surface area contributed by atoms with Crippen molar-refractivity contribution >= 4 is 11.7 Å². The van der Waals surface area contributed by atoms with Crippen LogP contribution in [-0.4, -0.2) is 11.7 Å². The second-order valence-electron chi connectivity index (χ2n) is 4.33. The maximum Gasteiger partial charge on any atom is 0.300 e. The minimum Gasteiger partial charge on any atom is -0.486 e. The number of nitrogen functional groups attached to an aromatic ring is 1. The molecule has 0 spiro atoms. The Kier molecular flexibility index (Phi) is 4.73. The molecule has 3 N–H and O–H groups in total. The first-order valence-corrected chi connectivity index (χ1v) is 6.49. The van der Waals surface area contributed by atoms with Gasteiger partial charge in [-0.1, -0.05) is 6.92 Å². The Morgan fingerprint density at radius 2 is 1.90 bits per heavy atom. The summed E-state index contributed by atoms with van der Waals surface area (Å²) in [4.78, 5) is 22.7. The van der Waals surface area contributed by atoms with E-state index in [4.69, 9.17) is 15.0 Å². The van der Waals surface area contributed by atoms with Crippen LogP contribution < -0.4 is 16.0 Å². The fourth-order valence-electron chi connectivity index (χ4n) is 1.74. The van der Waals surface area contributed by atoms with Crippen LogP contribution in [0.15, 0.2) is 40.8 Å². The zero-order valence-corrected chi connectivity index (χ0v) is 11.6. The fraction of sp³-hybridized carbons (Fsp3) is 0.200. The highest BCUT2D eigenvalue weighted by atomic mass is 16.5. The molecular weight excluding hydrogens is 272 g/mol. The third kappa shape index (κ3) is 3.70. The number of hydrogen-bond acceptors (Lipinski definition) is 5. The van der Waals surface area contributed by atoms with Gasteiger partial charge in [0.15, 0.2) is 11.5 Å². The van der Waals surface area contributed by atoms with Crippen molar-refractivity contribution in [3.63, 3.8) is 0 Å². The lowest BCUT2D eigenvalue weighted by Crippen LogP contribution is -2.29. The number of Topliss-reactive ketones (excluding diaryl/α,β-unsaturated/α-hetero) is 1. The van der Waals surface area contributed by atoms with Gasteiger partial charge >= 0.3 is 5.91 Å². The lowest BCUT2D eigenvalue weighted by atomic mass is 10.1. The normalized spacial score (nSPS) is 10.2. The third-order valence-electron chi connectivity index (χ3n) is 2.90. The second-order valence-corrected chi connectivity index (χ2v) is 4.33. The highest BCUT2D eigenvalue weighted by Crippen LogP contribution is 2.16. The van der Waals surface area contributed by atoms with E-state index < -0.39 is 5.91 Å². The second kappa shape index (κ2) is 6.71. The van der Waals surface area contributed by atoms with E-state index in [1.54, 1.807) is 30.3 Å². The standard InChI is InChI=1S/C15H16N2O4/c1-2-13(18)10-3-5-11(6-4-10)20-9-12-7-8-14(21-12)15(19)17-16/h3-8H,2,9,16H2,1H3,(H,17,19). The van der Waals surface area contributed by atoms with Gasteiger partial charge in [-0.25, -0.2) is 5.84 Å². The molecule has 1 amide bonds. The minimum absolute atomic E-state index is 0.0880. The van der Waals surface area contributed by atoms with Crippen LogP contribution in [0.1, 0.15) is 40.0 Å². The number of benzene rings is 1. The predicted molar refractivity (Wildman–Crippen MR) is 75.8 cm³/mol. The van der Waals surface area contributed by atoms with Gasteiger partial charge in [-0.05, 0) is 36.4 Å². The molecule has 0 unspecified atom stereocenters. The SMILES string of the molecule is CCC(=O)c1ccc(OCc2ccc(C(=O)NN)o2)cc1. The maximum absolute atomic E-state index is 11.5. The number of furan rings is 1. The Morgan fingerprint density at radius 1 is 1.19 bits per heavy atom. The molecule has 110 valence electrons. The summed E-state index contributed by atoms with van der Waals surface area (Å²) in [6.07, 6.45) is 0.471. The Bertz CT molecular complexity index is 631.